The molecule has 1 unspecified atom stereocenters. The predicted octanol–water partition coefficient (Wildman–Crippen LogP) is 0.873. The molecule has 0 radical (unpaired) electrons. The van der Waals surface area contributed by atoms with Crippen molar-refractivity contribution in [3.63, 3.8) is 0 Å². The third-order valence-electron chi connectivity index (χ3n) is 3.41. The minimum atomic E-state index is -0.0445. The topological polar surface area (TPSA) is 64.2 Å². The molecular formula is C11H18N4O. The van der Waals surface area contributed by atoms with Gasteiger partial charge in [-0.3, -0.25) is 9.48 Å². The SMILES string of the molecule is CC(C1CC1)N(C)C(=O)c1c(N)cnn1C. The van der Waals surface area contributed by atoms with Gasteiger partial charge in [-0.05, 0) is 25.7 Å². The van der Waals surface area contributed by atoms with Crippen molar-refractivity contribution in [1.82, 2.24) is 14.7 Å². The van der Waals surface area contributed by atoms with E-state index in [9.17, 15) is 4.79 Å². The highest BCUT2D eigenvalue weighted by atomic mass is 16.2. The number of rotatable bonds is 3. The lowest BCUT2D eigenvalue weighted by Crippen LogP contribution is -2.37. The largest absolute Gasteiger partial charge is 0.396 e. The summed E-state index contributed by atoms with van der Waals surface area (Å²) in [5, 5.41) is 3.98. The molecule has 1 saturated carbocycles. The van der Waals surface area contributed by atoms with E-state index < -0.39 is 0 Å². The van der Waals surface area contributed by atoms with Crippen molar-refractivity contribution in [1.29, 1.82) is 0 Å². The van der Waals surface area contributed by atoms with Gasteiger partial charge in [-0.2, -0.15) is 5.10 Å². The zero-order valence-electron chi connectivity index (χ0n) is 9.97. The van der Waals surface area contributed by atoms with Crippen molar-refractivity contribution in [2.45, 2.75) is 25.8 Å². The Bertz CT molecular complexity index is 389. The smallest absolute Gasteiger partial charge is 0.274 e. The summed E-state index contributed by atoms with van der Waals surface area (Å²) in [6.07, 6.45) is 3.96. The maximum Gasteiger partial charge on any atom is 0.274 e. The minimum absolute atomic E-state index is 0.0445. The van der Waals surface area contributed by atoms with Crippen LogP contribution >= 0.6 is 0 Å². The lowest BCUT2D eigenvalue weighted by molar-refractivity contribution is 0.0717. The molecule has 2 N–H and O–H groups in total. The Morgan fingerprint density at radius 1 is 1.69 bits per heavy atom. The number of hydrogen-bond donors (Lipinski definition) is 1. The van der Waals surface area contributed by atoms with Gasteiger partial charge in [0.05, 0.1) is 11.9 Å². The second-order valence-electron chi connectivity index (χ2n) is 4.57. The van der Waals surface area contributed by atoms with Crippen molar-refractivity contribution in [3.05, 3.63) is 11.9 Å². The average molecular weight is 222 g/mol. The molecule has 1 amide bonds. The van der Waals surface area contributed by atoms with Gasteiger partial charge in [0.1, 0.15) is 5.69 Å². The molecule has 88 valence electrons. The van der Waals surface area contributed by atoms with Crippen molar-refractivity contribution >= 4 is 11.6 Å². The summed E-state index contributed by atoms with van der Waals surface area (Å²) in [7, 11) is 3.57. The van der Waals surface area contributed by atoms with E-state index in [1.807, 2.05) is 7.05 Å². The number of nitrogen functional groups attached to an aromatic ring is 1. The molecule has 1 fully saturated rings. The van der Waals surface area contributed by atoms with E-state index in [-0.39, 0.29) is 11.9 Å². The number of carbonyl (C=O) groups excluding carboxylic acids is 1. The van der Waals surface area contributed by atoms with Crippen molar-refractivity contribution in [2.75, 3.05) is 12.8 Å². The van der Waals surface area contributed by atoms with Crippen molar-refractivity contribution in [3.8, 4) is 0 Å². The Kier molecular flexibility index (Phi) is 2.61. The van der Waals surface area contributed by atoms with Crippen LogP contribution in [0.1, 0.15) is 30.3 Å². The molecule has 5 nitrogen and oxygen atoms in total. The Labute approximate surface area is 95.2 Å². The quantitative estimate of drug-likeness (QED) is 0.825. The third-order valence-corrected chi connectivity index (χ3v) is 3.41. The third kappa shape index (κ3) is 1.77. The van der Waals surface area contributed by atoms with Crippen LogP contribution in [0.5, 0.6) is 0 Å². The Morgan fingerprint density at radius 2 is 2.31 bits per heavy atom. The number of aromatic nitrogens is 2. The lowest BCUT2D eigenvalue weighted by atomic mass is 10.2. The Balaban J connectivity index is 2.18. The molecule has 1 atom stereocenters. The van der Waals surface area contributed by atoms with Crippen LogP contribution in [0.2, 0.25) is 0 Å². The van der Waals surface area contributed by atoms with E-state index in [0.717, 1.165) is 0 Å². The summed E-state index contributed by atoms with van der Waals surface area (Å²) in [5.41, 5.74) is 6.67. The van der Waals surface area contributed by atoms with Crippen LogP contribution in [0.25, 0.3) is 0 Å². The first-order valence-corrected chi connectivity index (χ1v) is 5.57. The van der Waals surface area contributed by atoms with Crippen LogP contribution in [0.15, 0.2) is 6.20 Å². The van der Waals surface area contributed by atoms with Crippen LogP contribution in [0, 0.1) is 5.92 Å². The lowest BCUT2D eigenvalue weighted by Gasteiger charge is -2.25. The van der Waals surface area contributed by atoms with E-state index in [0.29, 0.717) is 17.3 Å². The molecule has 1 aliphatic rings. The highest BCUT2D eigenvalue weighted by Crippen LogP contribution is 2.35. The van der Waals surface area contributed by atoms with Crippen LogP contribution in [0.3, 0.4) is 0 Å². The van der Waals surface area contributed by atoms with Crippen LogP contribution in [-0.4, -0.2) is 33.7 Å². The van der Waals surface area contributed by atoms with Gasteiger partial charge in [-0.1, -0.05) is 0 Å². The van der Waals surface area contributed by atoms with Gasteiger partial charge < -0.3 is 10.6 Å². The zero-order chi connectivity index (χ0) is 11.9. The molecule has 1 aromatic heterocycles. The maximum absolute atomic E-state index is 12.2. The van der Waals surface area contributed by atoms with Gasteiger partial charge >= 0.3 is 0 Å². The number of nitrogens with zero attached hydrogens (tertiary/aromatic N) is 3. The fourth-order valence-corrected chi connectivity index (χ4v) is 1.96. The molecule has 16 heavy (non-hydrogen) atoms. The van der Waals surface area contributed by atoms with Gasteiger partial charge in [0.2, 0.25) is 0 Å². The van der Waals surface area contributed by atoms with E-state index in [1.165, 1.54) is 23.7 Å². The molecule has 1 aromatic rings. The molecule has 2 rings (SSSR count). The highest BCUT2D eigenvalue weighted by Gasteiger charge is 2.33. The predicted molar refractivity (Wildman–Crippen MR) is 61.9 cm³/mol. The first-order chi connectivity index (χ1) is 7.52. The summed E-state index contributed by atoms with van der Waals surface area (Å²) < 4.78 is 1.54. The van der Waals surface area contributed by atoms with Gasteiger partial charge in [0.25, 0.3) is 5.91 Å². The van der Waals surface area contributed by atoms with E-state index >= 15 is 0 Å². The average Bonchev–Trinajstić information content (AvgIpc) is 3.03. The summed E-state index contributed by atoms with van der Waals surface area (Å²) in [6, 6.07) is 0.279. The summed E-state index contributed by atoms with van der Waals surface area (Å²) in [5.74, 6) is 0.611. The molecule has 5 heteroatoms. The molecule has 0 aliphatic heterocycles. The number of amides is 1. The van der Waals surface area contributed by atoms with Crippen LogP contribution in [0.4, 0.5) is 5.69 Å². The molecule has 0 saturated heterocycles. The summed E-state index contributed by atoms with van der Waals surface area (Å²) in [6.45, 7) is 2.09. The first-order valence-electron chi connectivity index (χ1n) is 5.57. The highest BCUT2D eigenvalue weighted by molar-refractivity contribution is 5.97. The fraction of sp³-hybridized carbons (Fsp3) is 0.636. The van der Waals surface area contributed by atoms with Gasteiger partial charge in [0, 0.05) is 20.1 Å². The number of carbonyl (C=O) groups is 1. The molecular weight excluding hydrogens is 204 g/mol. The second-order valence-corrected chi connectivity index (χ2v) is 4.57. The van der Waals surface area contributed by atoms with Gasteiger partial charge in [-0.15, -0.1) is 0 Å². The van der Waals surface area contributed by atoms with Crippen LogP contribution < -0.4 is 5.73 Å². The number of aryl methyl sites for hydroxylation is 1. The second kappa shape index (κ2) is 3.81. The maximum atomic E-state index is 12.2. The normalized spacial score (nSPS) is 17.2. The monoisotopic (exact) mass is 222 g/mol. The van der Waals surface area contributed by atoms with Crippen molar-refractivity contribution < 1.29 is 4.79 Å². The zero-order valence-corrected chi connectivity index (χ0v) is 9.97. The Hall–Kier alpha value is -1.52. The number of hydrogen-bond acceptors (Lipinski definition) is 3. The van der Waals surface area contributed by atoms with Crippen LogP contribution in [-0.2, 0) is 7.05 Å². The van der Waals surface area contributed by atoms with E-state index in [1.54, 1.807) is 11.9 Å². The number of nitrogens with two attached hydrogens (primary N) is 1. The summed E-state index contributed by atoms with van der Waals surface area (Å²) >= 11 is 0. The summed E-state index contributed by atoms with van der Waals surface area (Å²) in [4.78, 5) is 14.0. The molecule has 0 bridgehead atoms. The molecule has 0 aromatic carbocycles. The first kappa shape index (κ1) is 11.0. The van der Waals surface area contributed by atoms with E-state index in [2.05, 4.69) is 12.0 Å². The standard InChI is InChI=1S/C11H18N4O/c1-7(8-4-5-8)14(2)11(16)10-9(12)6-13-15(10)3/h6-8H,4-5,12H2,1-3H3. The van der Waals surface area contributed by atoms with Gasteiger partial charge in [0.15, 0.2) is 0 Å². The minimum Gasteiger partial charge on any atom is -0.396 e. The van der Waals surface area contributed by atoms with E-state index in [4.69, 9.17) is 5.73 Å². The van der Waals surface area contributed by atoms with Gasteiger partial charge in [-0.25, -0.2) is 0 Å². The van der Waals surface area contributed by atoms with Crippen molar-refractivity contribution in [2.24, 2.45) is 13.0 Å². The number of anilines is 1. The molecule has 0 spiro atoms. The molecule has 1 heterocycles. The molecule has 1 aliphatic carbocycles. The Morgan fingerprint density at radius 3 is 2.75 bits per heavy atom. The fourth-order valence-electron chi connectivity index (χ4n) is 1.96.